The van der Waals surface area contributed by atoms with Crippen LogP contribution >= 0.6 is 34.8 Å². The molecule has 0 rings (SSSR count). The first-order valence-corrected chi connectivity index (χ1v) is 4.43. The molecule has 0 atom stereocenters. The van der Waals surface area contributed by atoms with Crippen LogP contribution < -0.4 is 0 Å². The van der Waals surface area contributed by atoms with E-state index in [9.17, 15) is 4.79 Å². The minimum atomic E-state index is -0.723. The highest BCUT2D eigenvalue weighted by Crippen LogP contribution is 1.94. The Morgan fingerprint density at radius 3 is 1.91 bits per heavy atom. The van der Waals surface area contributed by atoms with Gasteiger partial charge in [-0.15, -0.1) is 23.2 Å². The quantitative estimate of drug-likeness (QED) is 0.527. The molecule has 0 aliphatic heterocycles. The van der Waals surface area contributed by atoms with Gasteiger partial charge in [-0.1, -0.05) is 13.8 Å². The van der Waals surface area contributed by atoms with Crippen molar-refractivity contribution in [1.82, 2.24) is 0 Å². The molecule has 0 spiro atoms. The zero-order valence-corrected chi connectivity index (χ0v) is 8.71. The molecule has 0 unspecified atom stereocenters. The van der Waals surface area contributed by atoms with Crippen molar-refractivity contribution in [2.75, 3.05) is 11.9 Å². The minimum Gasteiger partial charge on any atom is -0.453 e. The Kier molecular flexibility index (Phi) is 13.1. The van der Waals surface area contributed by atoms with Crippen molar-refractivity contribution >= 4 is 40.2 Å². The smallest absolute Gasteiger partial charge is 0.403 e. The van der Waals surface area contributed by atoms with Crippen LogP contribution in [0.3, 0.4) is 0 Å². The molecular formula is C6H11Cl3O2. The lowest BCUT2D eigenvalue weighted by atomic mass is 10.2. The van der Waals surface area contributed by atoms with Gasteiger partial charge < -0.3 is 4.74 Å². The van der Waals surface area contributed by atoms with Crippen molar-refractivity contribution in [3.8, 4) is 0 Å². The fourth-order valence-electron chi connectivity index (χ4n) is 0.232. The third kappa shape index (κ3) is 25.2. The Morgan fingerprint density at radius 1 is 1.45 bits per heavy atom. The molecule has 0 heterocycles. The highest BCUT2D eigenvalue weighted by molar-refractivity contribution is 6.61. The average molecular weight is 222 g/mol. The first-order chi connectivity index (χ1) is 5.04. The second-order valence-electron chi connectivity index (χ2n) is 2.04. The van der Waals surface area contributed by atoms with Gasteiger partial charge in [0.2, 0.25) is 0 Å². The number of hydrogen-bond acceptors (Lipinski definition) is 2. The van der Waals surface area contributed by atoms with E-state index in [1.165, 1.54) is 0 Å². The lowest BCUT2D eigenvalue weighted by Gasteiger charge is -2.00. The van der Waals surface area contributed by atoms with E-state index in [0.29, 0.717) is 12.5 Å². The van der Waals surface area contributed by atoms with Gasteiger partial charge in [0.1, 0.15) is 0 Å². The Bertz CT molecular complexity index is 95.8. The number of ether oxygens (including phenoxy) is 1. The van der Waals surface area contributed by atoms with Crippen LogP contribution in [-0.2, 0) is 4.74 Å². The molecule has 0 aromatic carbocycles. The van der Waals surface area contributed by atoms with Gasteiger partial charge in [0.05, 0.1) is 11.9 Å². The lowest BCUT2D eigenvalue weighted by molar-refractivity contribution is 0.159. The van der Waals surface area contributed by atoms with Crippen LogP contribution in [0.4, 0.5) is 4.79 Å². The molecule has 0 aromatic heterocycles. The molecule has 0 aliphatic carbocycles. The molecule has 68 valence electrons. The van der Waals surface area contributed by atoms with Gasteiger partial charge in [-0.2, -0.15) is 0 Å². The second-order valence-corrected chi connectivity index (χ2v) is 3.16. The highest BCUT2D eigenvalue weighted by atomic mass is 35.5. The molecule has 0 fully saturated rings. The van der Waals surface area contributed by atoms with Crippen LogP contribution in [0.1, 0.15) is 13.8 Å². The molecule has 0 saturated heterocycles. The standard InChI is InChI=1S/C5H9ClO2.CH2Cl2/c1-4(2)3-8-5(6)7;2-1-3/h4H,3H2,1-2H3;1H2. The summed E-state index contributed by atoms with van der Waals surface area (Å²) in [5, 5.41) is 0.194. The van der Waals surface area contributed by atoms with Crippen LogP contribution in [0, 0.1) is 5.92 Å². The highest BCUT2D eigenvalue weighted by Gasteiger charge is 1.96. The predicted octanol–water partition coefficient (Wildman–Crippen LogP) is 3.44. The first kappa shape index (κ1) is 13.9. The topological polar surface area (TPSA) is 26.3 Å². The maximum absolute atomic E-state index is 9.89. The van der Waals surface area contributed by atoms with Crippen LogP contribution in [0.2, 0.25) is 0 Å². The van der Waals surface area contributed by atoms with Crippen molar-refractivity contribution in [3.05, 3.63) is 0 Å². The van der Waals surface area contributed by atoms with E-state index < -0.39 is 5.43 Å². The Balaban J connectivity index is 0. The predicted molar refractivity (Wildman–Crippen MR) is 48.6 cm³/mol. The van der Waals surface area contributed by atoms with Crippen molar-refractivity contribution in [2.24, 2.45) is 5.92 Å². The number of halogens is 3. The molecule has 0 radical (unpaired) electrons. The Morgan fingerprint density at radius 2 is 1.82 bits per heavy atom. The maximum atomic E-state index is 9.89. The summed E-state index contributed by atoms with van der Waals surface area (Å²) in [6, 6.07) is 0. The van der Waals surface area contributed by atoms with Crippen molar-refractivity contribution in [2.45, 2.75) is 13.8 Å². The van der Waals surface area contributed by atoms with Gasteiger partial charge in [-0.3, -0.25) is 0 Å². The number of hydrogen-bond donors (Lipinski definition) is 0. The lowest BCUT2D eigenvalue weighted by Crippen LogP contribution is -2.02. The van der Waals surface area contributed by atoms with E-state index in [1.807, 2.05) is 13.8 Å². The molecule has 0 bridgehead atoms. The van der Waals surface area contributed by atoms with Crippen LogP contribution in [0.25, 0.3) is 0 Å². The normalized spacial score (nSPS) is 8.55. The van der Waals surface area contributed by atoms with Crippen molar-refractivity contribution in [3.63, 3.8) is 0 Å². The van der Waals surface area contributed by atoms with E-state index in [0.717, 1.165) is 0 Å². The zero-order chi connectivity index (χ0) is 9.28. The van der Waals surface area contributed by atoms with Gasteiger partial charge in [0.15, 0.2) is 0 Å². The minimum absolute atomic E-state index is 0.194. The summed E-state index contributed by atoms with van der Waals surface area (Å²) < 4.78 is 4.43. The molecule has 5 heteroatoms. The third-order valence-electron chi connectivity index (χ3n) is 0.530. The van der Waals surface area contributed by atoms with Gasteiger partial charge >= 0.3 is 5.43 Å². The summed E-state index contributed by atoms with van der Waals surface area (Å²) in [6.45, 7) is 4.29. The van der Waals surface area contributed by atoms with Gasteiger partial charge in [0, 0.05) is 11.6 Å². The van der Waals surface area contributed by atoms with Gasteiger partial charge in [0.25, 0.3) is 0 Å². The number of alkyl halides is 2. The first-order valence-electron chi connectivity index (χ1n) is 2.98. The van der Waals surface area contributed by atoms with Gasteiger partial charge in [-0.05, 0) is 5.92 Å². The summed E-state index contributed by atoms with van der Waals surface area (Å²) in [5.41, 5.74) is -0.723. The molecule has 0 aromatic rings. The van der Waals surface area contributed by atoms with Crippen molar-refractivity contribution < 1.29 is 9.53 Å². The average Bonchev–Trinajstić information content (AvgIpc) is 1.85. The molecule has 0 saturated carbocycles. The monoisotopic (exact) mass is 220 g/mol. The van der Waals surface area contributed by atoms with Crippen molar-refractivity contribution in [1.29, 1.82) is 0 Å². The summed E-state index contributed by atoms with van der Waals surface area (Å²) in [5.74, 6) is 0.359. The fraction of sp³-hybridized carbons (Fsp3) is 0.833. The number of carbonyl (C=O) groups is 1. The van der Waals surface area contributed by atoms with E-state index in [4.69, 9.17) is 34.8 Å². The fourth-order valence-corrected chi connectivity index (χ4v) is 0.295. The summed E-state index contributed by atoms with van der Waals surface area (Å²) in [6.07, 6.45) is 0. The van der Waals surface area contributed by atoms with E-state index >= 15 is 0 Å². The Labute approximate surface area is 81.8 Å². The van der Waals surface area contributed by atoms with E-state index in [2.05, 4.69) is 4.74 Å². The maximum Gasteiger partial charge on any atom is 0.403 e. The Hall–Kier alpha value is 0.340. The molecule has 0 amide bonds. The number of carbonyl (C=O) groups excluding carboxylic acids is 1. The van der Waals surface area contributed by atoms with Crippen LogP contribution in [0.15, 0.2) is 0 Å². The number of rotatable bonds is 2. The van der Waals surface area contributed by atoms with Gasteiger partial charge in [-0.25, -0.2) is 4.79 Å². The van der Waals surface area contributed by atoms with Crippen LogP contribution in [0.5, 0.6) is 0 Å². The molecule has 11 heavy (non-hydrogen) atoms. The molecule has 0 N–H and O–H groups in total. The summed E-state index contributed by atoms with van der Waals surface area (Å²) in [7, 11) is 0. The zero-order valence-electron chi connectivity index (χ0n) is 6.44. The van der Waals surface area contributed by atoms with Crippen LogP contribution in [-0.4, -0.2) is 17.4 Å². The van der Waals surface area contributed by atoms with E-state index in [-0.39, 0.29) is 5.34 Å². The molecule has 2 nitrogen and oxygen atoms in total. The molecular weight excluding hydrogens is 210 g/mol. The third-order valence-corrected chi connectivity index (χ3v) is 0.639. The summed E-state index contributed by atoms with van der Waals surface area (Å²) >= 11 is 14.4. The second kappa shape index (κ2) is 10.3. The SMILES string of the molecule is CC(C)COC(=O)Cl.ClCCl. The largest absolute Gasteiger partial charge is 0.453 e. The summed E-state index contributed by atoms with van der Waals surface area (Å²) in [4.78, 5) is 9.89. The van der Waals surface area contributed by atoms with E-state index in [1.54, 1.807) is 0 Å². The molecule has 0 aliphatic rings.